The Balaban J connectivity index is 2.29. The molecule has 1 aliphatic rings. The first-order valence-corrected chi connectivity index (χ1v) is 4.62. The van der Waals surface area contributed by atoms with Crippen LogP contribution >= 0.6 is 0 Å². The molecule has 4 nitrogen and oxygen atoms in total. The van der Waals surface area contributed by atoms with E-state index in [1.807, 2.05) is 0 Å². The van der Waals surface area contributed by atoms with Gasteiger partial charge in [-0.25, -0.2) is 4.98 Å². The summed E-state index contributed by atoms with van der Waals surface area (Å²) >= 11 is 0. The molecule has 0 atom stereocenters. The molecular formula is C9H6F3N3O. The Bertz CT molecular complexity index is 579. The highest BCUT2D eigenvalue weighted by Crippen LogP contribution is 2.36. The topological polar surface area (TPSA) is 43.3 Å². The van der Waals surface area contributed by atoms with E-state index in [4.69, 9.17) is 4.42 Å². The van der Waals surface area contributed by atoms with Gasteiger partial charge in [-0.3, -0.25) is 9.56 Å². The zero-order valence-corrected chi connectivity index (χ0v) is 7.95. The van der Waals surface area contributed by atoms with Gasteiger partial charge in [0.25, 0.3) is 0 Å². The van der Waals surface area contributed by atoms with Crippen molar-refractivity contribution in [2.75, 3.05) is 6.54 Å². The highest BCUT2D eigenvalue weighted by molar-refractivity contribution is 5.85. The molecule has 1 aliphatic heterocycles. The normalized spacial score (nSPS) is 15.7. The fourth-order valence-electron chi connectivity index (χ4n) is 1.74. The summed E-state index contributed by atoms with van der Waals surface area (Å²) in [6.45, 7) is 1.02. The second-order valence-electron chi connectivity index (χ2n) is 3.46. The van der Waals surface area contributed by atoms with E-state index in [-0.39, 0.29) is 11.2 Å². The Morgan fingerprint density at radius 1 is 1.38 bits per heavy atom. The van der Waals surface area contributed by atoms with Crippen molar-refractivity contribution < 1.29 is 17.6 Å². The molecule has 3 rings (SSSR count). The standard InChI is InChI=1S/C9H6F3N3O/c10-9(11,12)5-4-16-8-7(5)14-6-3-13-1-2-15(6)8/h3-4H,1-2H2. The van der Waals surface area contributed by atoms with E-state index in [9.17, 15) is 13.2 Å². The number of hydrogen-bond acceptors (Lipinski definition) is 3. The van der Waals surface area contributed by atoms with Crippen molar-refractivity contribution in [1.82, 2.24) is 9.55 Å². The Morgan fingerprint density at radius 2 is 2.19 bits per heavy atom. The Kier molecular flexibility index (Phi) is 1.69. The molecule has 2 aromatic heterocycles. The number of furan rings is 1. The van der Waals surface area contributed by atoms with E-state index in [0.717, 1.165) is 0 Å². The highest BCUT2D eigenvalue weighted by Gasteiger charge is 2.37. The van der Waals surface area contributed by atoms with E-state index in [1.165, 1.54) is 6.21 Å². The molecule has 0 fully saturated rings. The van der Waals surface area contributed by atoms with Gasteiger partial charge in [0.2, 0.25) is 5.71 Å². The minimum Gasteiger partial charge on any atom is -0.445 e. The summed E-state index contributed by atoms with van der Waals surface area (Å²) in [5.41, 5.74) is -0.817. The van der Waals surface area contributed by atoms with Gasteiger partial charge in [0.15, 0.2) is 5.82 Å². The summed E-state index contributed by atoms with van der Waals surface area (Å²) in [4.78, 5) is 7.83. The van der Waals surface area contributed by atoms with Crippen molar-refractivity contribution in [3.63, 3.8) is 0 Å². The zero-order chi connectivity index (χ0) is 11.3. The van der Waals surface area contributed by atoms with Gasteiger partial charge in [0.05, 0.1) is 12.8 Å². The predicted octanol–water partition coefficient (Wildman–Crippen LogP) is 2.08. The van der Waals surface area contributed by atoms with Crippen LogP contribution in [0.3, 0.4) is 0 Å². The van der Waals surface area contributed by atoms with E-state index in [0.29, 0.717) is 25.2 Å². The minimum atomic E-state index is -4.44. The number of alkyl halides is 3. The molecule has 0 bridgehead atoms. The van der Waals surface area contributed by atoms with Gasteiger partial charge < -0.3 is 4.42 Å². The maximum absolute atomic E-state index is 12.6. The Labute approximate surface area is 87.4 Å². The van der Waals surface area contributed by atoms with Crippen LogP contribution < -0.4 is 0 Å². The quantitative estimate of drug-likeness (QED) is 0.694. The van der Waals surface area contributed by atoms with Gasteiger partial charge in [-0.1, -0.05) is 0 Å². The van der Waals surface area contributed by atoms with Gasteiger partial charge in [-0.05, 0) is 0 Å². The Hall–Kier alpha value is -1.79. The fourth-order valence-corrected chi connectivity index (χ4v) is 1.74. The summed E-state index contributed by atoms with van der Waals surface area (Å²) in [7, 11) is 0. The molecule has 0 saturated carbocycles. The van der Waals surface area contributed by atoms with Crippen LogP contribution in [0.4, 0.5) is 13.2 Å². The van der Waals surface area contributed by atoms with E-state index in [2.05, 4.69) is 9.98 Å². The lowest BCUT2D eigenvalue weighted by atomic mass is 10.3. The number of rotatable bonds is 0. The average Bonchev–Trinajstić information content (AvgIpc) is 2.73. The monoisotopic (exact) mass is 229 g/mol. The first-order valence-electron chi connectivity index (χ1n) is 4.62. The highest BCUT2D eigenvalue weighted by atomic mass is 19.4. The SMILES string of the molecule is FC(F)(F)c1coc2c1nc1n2CCN=C1. The molecule has 3 heterocycles. The molecule has 84 valence electrons. The van der Waals surface area contributed by atoms with Crippen LogP contribution in [0.1, 0.15) is 11.4 Å². The van der Waals surface area contributed by atoms with Gasteiger partial charge in [-0.15, -0.1) is 0 Å². The molecule has 16 heavy (non-hydrogen) atoms. The summed E-state index contributed by atoms with van der Waals surface area (Å²) < 4.78 is 44.2. The van der Waals surface area contributed by atoms with E-state index >= 15 is 0 Å². The first kappa shape index (κ1) is 9.44. The van der Waals surface area contributed by atoms with Crippen LogP contribution in [0.15, 0.2) is 15.7 Å². The molecule has 0 spiro atoms. The third-order valence-electron chi connectivity index (χ3n) is 2.46. The third kappa shape index (κ3) is 1.17. The second-order valence-corrected chi connectivity index (χ2v) is 3.46. The van der Waals surface area contributed by atoms with Crippen LogP contribution in [-0.4, -0.2) is 22.3 Å². The average molecular weight is 229 g/mol. The smallest absolute Gasteiger partial charge is 0.421 e. The molecule has 0 aliphatic carbocycles. The lowest BCUT2D eigenvalue weighted by Crippen LogP contribution is -2.10. The Morgan fingerprint density at radius 3 is 2.94 bits per heavy atom. The van der Waals surface area contributed by atoms with E-state index in [1.54, 1.807) is 4.57 Å². The van der Waals surface area contributed by atoms with E-state index < -0.39 is 11.7 Å². The number of halogens is 3. The number of aromatic nitrogens is 2. The summed E-state index contributed by atoms with van der Waals surface area (Å²) in [5, 5.41) is 0. The number of aliphatic imine (C=N–C) groups is 1. The van der Waals surface area contributed by atoms with Crippen LogP contribution in [0.25, 0.3) is 11.2 Å². The second kappa shape index (κ2) is 2.87. The summed E-state index contributed by atoms with van der Waals surface area (Å²) in [5.74, 6) is 0.408. The lowest BCUT2D eigenvalue weighted by molar-refractivity contribution is -0.136. The van der Waals surface area contributed by atoms with Crippen molar-refractivity contribution in [1.29, 1.82) is 0 Å². The molecule has 0 N–H and O–H groups in total. The third-order valence-corrected chi connectivity index (χ3v) is 2.46. The van der Waals surface area contributed by atoms with Gasteiger partial charge >= 0.3 is 6.18 Å². The number of nitrogens with zero attached hydrogens (tertiary/aromatic N) is 3. The molecule has 0 amide bonds. The lowest BCUT2D eigenvalue weighted by Gasteiger charge is -2.06. The molecular weight excluding hydrogens is 223 g/mol. The molecule has 7 heteroatoms. The number of imidazole rings is 1. The van der Waals surface area contributed by atoms with Crippen LogP contribution in [-0.2, 0) is 12.7 Å². The van der Waals surface area contributed by atoms with Crippen LogP contribution in [0.5, 0.6) is 0 Å². The van der Waals surface area contributed by atoms with Gasteiger partial charge in [0.1, 0.15) is 17.3 Å². The minimum absolute atomic E-state index is 0.143. The summed E-state index contributed by atoms with van der Waals surface area (Å²) in [6.07, 6.45) is -2.28. The maximum Gasteiger partial charge on any atom is 0.421 e. The van der Waals surface area contributed by atoms with Gasteiger partial charge in [-0.2, -0.15) is 13.2 Å². The number of fused-ring (bicyclic) bond motifs is 3. The van der Waals surface area contributed by atoms with Crippen LogP contribution in [0.2, 0.25) is 0 Å². The van der Waals surface area contributed by atoms with Crippen molar-refractivity contribution >= 4 is 17.4 Å². The largest absolute Gasteiger partial charge is 0.445 e. The zero-order valence-electron chi connectivity index (χ0n) is 7.95. The van der Waals surface area contributed by atoms with Crippen molar-refractivity contribution in [2.45, 2.75) is 12.7 Å². The fraction of sp³-hybridized carbons (Fsp3) is 0.333. The predicted molar refractivity (Wildman–Crippen MR) is 49.5 cm³/mol. The molecule has 0 unspecified atom stereocenters. The molecule has 0 saturated heterocycles. The molecule has 0 radical (unpaired) electrons. The maximum atomic E-state index is 12.6. The van der Waals surface area contributed by atoms with Crippen molar-refractivity contribution in [2.24, 2.45) is 4.99 Å². The van der Waals surface area contributed by atoms with Gasteiger partial charge in [0, 0.05) is 6.54 Å². The summed E-state index contributed by atoms with van der Waals surface area (Å²) in [6, 6.07) is 0. The molecule has 2 aromatic rings. The van der Waals surface area contributed by atoms with Crippen molar-refractivity contribution in [3.8, 4) is 0 Å². The van der Waals surface area contributed by atoms with Crippen molar-refractivity contribution in [3.05, 3.63) is 17.7 Å². The van der Waals surface area contributed by atoms with Crippen LogP contribution in [0, 0.1) is 0 Å². The number of hydrogen-bond donors (Lipinski definition) is 0. The first-order chi connectivity index (χ1) is 7.57. The molecule has 0 aromatic carbocycles.